The van der Waals surface area contributed by atoms with Crippen molar-refractivity contribution >= 4 is 56.9 Å². The van der Waals surface area contributed by atoms with Crippen molar-refractivity contribution in [3.8, 4) is 11.5 Å². The summed E-state index contributed by atoms with van der Waals surface area (Å²) in [6, 6.07) is 13.1. The highest BCUT2D eigenvalue weighted by molar-refractivity contribution is 9.10. The third-order valence-electron chi connectivity index (χ3n) is 4.76. The van der Waals surface area contributed by atoms with Crippen molar-refractivity contribution in [2.75, 3.05) is 18.5 Å². The number of rotatable bonds is 10. The van der Waals surface area contributed by atoms with Crippen LogP contribution in [0.3, 0.4) is 0 Å². The van der Waals surface area contributed by atoms with Crippen LogP contribution in [0.15, 0.2) is 64.2 Å². The van der Waals surface area contributed by atoms with Crippen molar-refractivity contribution in [3.63, 3.8) is 0 Å². The van der Waals surface area contributed by atoms with Crippen LogP contribution in [0.2, 0.25) is 10.0 Å². The second kappa shape index (κ2) is 13.0. The monoisotopic (exact) mass is 617 g/mol. The second-order valence-electron chi connectivity index (χ2n) is 7.51. The van der Waals surface area contributed by atoms with E-state index in [2.05, 4.69) is 31.8 Å². The van der Waals surface area contributed by atoms with Crippen LogP contribution in [0, 0.1) is 0 Å². The van der Waals surface area contributed by atoms with E-state index >= 15 is 0 Å². The Labute approximate surface area is 229 Å². The Morgan fingerprint density at radius 1 is 1.11 bits per heavy atom. The van der Waals surface area contributed by atoms with E-state index in [4.69, 9.17) is 32.7 Å². The number of amides is 1. The van der Waals surface area contributed by atoms with Crippen LogP contribution in [-0.2, 0) is 17.6 Å². The third-order valence-corrected chi connectivity index (χ3v) is 5.94. The number of hydrogen-bond acceptors (Lipinski definition) is 5. The number of hydrogen-bond donors (Lipinski definition) is 2. The van der Waals surface area contributed by atoms with Gasteiger partial charge in [0, 0.05) is 21.3 Å². The van der Waals surface area contributed by atoms with E-state index in [9.17, 15) is 18.0 Å². The first kappa shape index (κ1) is 28.6. The van der Waals surface area contributed by atoms with Crippen LogP contribution in [0.1, 0.15) is 23.6 Å². The van der Waals surface area contributed by atoms with Crippen LogP contribution in [0.4, 0.5) is 18.9 Å². The number of halogens is 6. The maximum absolute atomic E-state index is 12.8. The number of benzene rings is 3. The fraction of sp³-hybridized carbons (Fsp3) is 0.200. The number of nitrogens with zero attached hydrogens (tertiary/aromatic N) is 1. The average molecular weight is 619 g/mol. The van der Waals surface area contributed by atoms with Gasteiger partial charge in [0.25, 0.3) is 5.91 Å². The van der Waals surface area contributed by atoms with Crippen LogP contribution in [0.25, 0.3) is 0 Å². The van der Waals surface area contributed by atoms with Gasteiger partial charge in [-0.2, -0.15) is 18.3 Å². The molecule has 1 amide bonds. The lowest BCUT2D eigenvalue weighted by atomic mass is 10.2. The maximum atomic E-state index is 12.8. The molecule has 0 radical (unpaired) electrons. The first-order valence-corrected chi connectivity index (χ1v) is 12.4. The number of anilines is 1. The summed E-state index contributed by atoms with van der Waals surface area (Å²) in [7, 11) is 0. The van der Waals surface area contributed by atoms with Crippen molar-refractivity contribution < 1.29 is 27.4 Å². The molecule has 3 rings (SSSR count). The minimum Gasteiger partial charge on any atom is -0.490 e. The normalized spacial score (nSPS) is 11.4. The van der Waals surface area contributed by atoms with Crippen LogP contribution in [-0.4, -0.2) is 25.3 Å². The molecule has 12 heteroatoms. The largest absolute Gasteiger partial charge is 0.490 e. The lowest BCUT2D eigenvalue weighted by molar-refractivity contribution is -0.137. The molecule has 0 atom stereocenters. The third kappa shape index (κ3) is 8.55. The van der Waals surface area contributed by atoms with Crippen molar-refractivity contribution in [2.24, 2.45) is 5.10 Å². The van der Waals surface area contributed by atoms with Crippen LogP contribution in [0.5, 0.6) is 11.5 Å². The van der Waals surface area contributed by atoms with Gasteiger partial charge in [0.1, 0.15) is 6.61 Å². The molecule has 0 aliphatic heterocycles. The minimum atomic E-state index is -4.47. The summed E-state index contributed by atoms with van der Waals surface area (Å²) in [5.41, 5.74) is 3.01. The van der Waals surface area contributed by atoms with Gasteiger partial charge in [0.2, 0.25) is 0 Å². The van der Waals surface area contributed by atoms with Crippen LogP contribution < -0.4 is 20.2 Å². The van der Waals surface area contributed by atoms with Gasteiger partial charge in [-0.15, -0.1) is 0 Å². The number of alkyl halides is 3. The summed E-state index contributed by atoms with van der Waals surface area (Å²) >= 11 is 15.6. The Morgan fingerprint density at radius 3 is 2.59 bits per heavy atom. The van der Waals surface area contributed by atoms with Gasteiger partial charge in [-0.25, -0.2) is 5.43 Å². The molecule has 3 aromatic rings. The lowest BCUT2D eigenvalue weighted by Gasteiger charge is -2.15. The molecule has 0 heterocycles. The highest BCUT2D eigenvalue weighted by Crippen LogP contribution is 2.37. The van der Waals surface area contributed by atoms with E-state index in [1.165, 1.54) is 18.3 Å². The zero-order chi connectivity index (χ0) is 27.0. The molecular weight excluding hydrogens is 598 g/mol. The molecule has 3 aromatic carbocycles. The molecule has 0 fully saturated rings. The fourth-order valence-corrected chi connectivity index (χ4v) is 4.10. The summed E-state index contributed by atoms with van der Waals surface area (Å²) in [6.07, 6.45) is -3.07. The Balaban J connectivity index is 1.61. The predicted octanol–water partition coefficient (Wildman–Crippen LogP) is 7.31. The Kier molecular flexibility index (Phi) is 10.1. The molecule has 196 valence electrons. The number of hydrazone groups is 1. The van der Waals surface area contributed by atoms with Gasteiger partial charge >= 0.3 is 6.18 Å². The molecule has 0 saturated heterocycles. The van der Waals surface area contributed by atoms with Crippen molar-refractivity contribution in [1.82, 2.24) is 5.43 Å². The van der Waals surface area contributed by atoms with Crippen LogP contribution >= 0.6 is 39.1 Å². The topological polar surface area (TPSA) is 72.0 Å². The Morgan fingerprint density at radius 2 is 1.89 bits per heavy atom. The standard InChI is InChI=1S/C25H21BrCl2F3N3O3/c1-2-36-22-9-15(8-20(26)24(22)37-14-16-6-7-18(27)11-21(16)28)12-33-34-23(35)13-32-19-5-3-4-17(10-19)25(29,30)31/h3-12,32H,2,13-14H2,1H3,(H,34,35)/b33-12-. The molecule has 0 aliphatic rings. The molecule has 0 saturated carbocycles. The first-order chi connectivity index (χ1) is 17.6. The SMILES string of the molecule is CCOc1cc(/C=N\NC(=O)CNc2cccc(C(F)(F)F)c2)cc(Br)c1OCc1ccc(Cl)cc1Cl. The molecule has 2 N–H and O–H groups in total. The predicted molar refractivity (Wildman–Crippen MR) is 142 cm³/mol. The summed E-state index contributed by atoms with van der Waals surface area (Å²) < 4.78 is 50.7. The Bertz CT molecular complexity index is 1290. The Hall–Kier alpha value is -2.95. The number of nitrogens with one attached hydrogen (secondary N) is 2. The van der Waals surface area contributed by atoms with E-state index in [1.54, 1.807) is 30.3 Å². The van der Waals surface area contributed by atoms with Gasteiger partial charge < -0.3 is 14.8 Å². The number of carbonyl (C=O) groups is 1. The summed E-state index contributed by atoms with van der Waals surface area (Å²) in [5.74, 6) is 0.359. The maximum Gasteiger partial charge on any atom is 0.416 e. The molecule has 37 heavy (non-hydrogen) atoms. The van der Waals surface area contributed by atoms with Gasteiger partial charge in [-0.3, -0.25) is 4.79 Å². The van der Waals surface area contributed by atoms with Gasteiger partial charge in [-0.1, -0.05) is 35.3 Å². The molecule has 6 nitrogen and oxygen atoms in total. The molecule has 0 aromatic heterocycles. The zero-order valence-electron chi connectivity index (χ0n) is 19.3. The van der Waals surface area contributed by atoms with Gasteiger partial charge in [0.15, 0.2) is 11.5 Å². The zero-order valence-corrected chi connectivity index (χ0v) is 22.4. The summed E-state index contributed by atoms with van der Waals surface area (Å²) in [6.45, 7) is 2.11. The summed E-state index contributed by atoms with van der Waals surface area (Å²) in [5, 5.41) is 7.54. The second-order valence-corrected chi connectivity index (χ2v) is 9.21. The van der Waals surface area contributed by atoms with Crippen molar-refractivity contribution in [2.45, 2.75) is 19.7 Å². The number of ether oxygens (including phenoxy) is 2. The number of carbonyl (C=O) groups excluding carboxylic acids is 1. The minimum absolute atomic E-state index is 0.162. The quantitative estimate of drug-likeness (QED) is 0.185. The molecule has 0 aliphatic carbocycles. The molecule has 0 bridgehead atoms. The molecular formula is C25H21BrCl2F3N3O3. The van der Waals surface area contributed by atoms with E-state index in [0.717, 1.165) is 17.7 Å². The van der Waals surface area contributed by atoms with E-state index in [-0.39, 0.29) is 18.8 Å². The fourth-order valence-electron chi connectivity index (χ4n) is 3.06. The summed E-state index contributed by atoms with van der Waals surface area (Å²) in [4.78, 5) is 12.1. The average Bonchev–Trinajstić information content (AvgIpc) is 2.83. The van der Waals surface area contributed by atoms with Gasteiger partial charge in [-0.05, 0) is 70.9 Å². The lowest BCUT2D eigenvalue weighted by Crippen LogP contribution is -2.26. The van der Waals surface area contributed by atoms with Crippen molar-refractivity contribution in [1.29, 1.82) is 0 Å². The van der Waals surface area contributed by atoms with E-state index in [1.807, 2.05) is 6.92 Å². The van der Waals surface area contributed by atoms with E-state index < -0.39 is 17.6 Å². The highest BCUT2D eigenvalue weighted by Gasteiger charge is 2.30. The highest BCUT2D eigenvalue weighted by atomic mass is 79.9. The smallest absolute Gasteiger partial charge is 0.416 e. The molecule has 0 spiro atoms. The van der Waals surface area contributed by atoms with Crippen molar-refractivity contribution in [3.05, 3.63) is 85.8 Å². The van der Waals surface area contributed by atoms with Gasteiger partial charge in [0.05, 0.1) is 29.4 Å². The van der Waals surface area contributed by atoms with E-state index in [0.29, 0.717) is 38.2 Å². The molecule has 0 unspecified atom stereocenters. The first-order valence-electron chi connectivity index (χ1n) is 10.8.